The van der Waals surface area contributed by atoms with Crippen molar-refractivity contribution < 1.29 is 4.74 Å². The normalized spacial score (nSPS) is 26.2. The second-order valence-corrected chi connectivity index (χ2v) is 4.75. The Labute approximate surface area is 98.9 Å². The van der Waals surface area contributed by atoms with Gasteiger partial charge in [0.1, 0.15) is 0 Å². The predicted octanol–water partition coefficient (Wildman–Crippen LogP) is 0.00400. The summed E-state index contributed by atoms with van der Waals surface area (Å²) in [4.78, 5) is 5.14. The molecule has 0 saturated carbocycles. The van der Waals surface area contributed by atoms with Crippen LogP contribution in [0, 0.1) is 0 Å². The zero-order valence-electron chi connectivity index (χ0n) is 10.3. The van der Waals surface area contributed by atoms with Crippen LogP contribution in [-0.4, -0.2) is 75.4 Å². The Morgan fingerprint density at radius 1 is 0.812 bits per heavy atom. The summed E-state index contributed by atoms with van der Waals surface area (Å²) in [6, 6.07) is 0. The number of rotatable bonds is 3. The van der Waals surface area contributed by atoms with Gasteiger partial charge in [-0.15, -0.1) is 0 Å². The van der Waals surface area contributed by atoms with Crippen molar-refractivity contribution in [2.45, 2.75) is 12.8 Å². The molecular formula is C12H25N3O. The van der Waals surface area contributed by atoms with Gasteiger partial charge in [0.15, 0.2) is 0 Å². The Kier molecular flexibility index (Phi) is 5.55. The van der Waals surface area contributed by atoms with Crippen molar-refractivity contribution in [2.24, 2.45) is 0 Å². The summed E-state index contributed by atoms with van der Waals surface area (Å²) in [5.41, 5.74) is 0. The van der Waals surface area contributed by atoms with Crippen LogP contribution < -0.4 is 5.32 Å². The summed E-state index contributed by atoms with van der Waals surface area (Å²) in [5, 5.41) is 3.45. The fraction of sp³-hybridized carbons (Fsp3) is 1.00. The highest BCUT2D eigenvalue weighted by molar-refractivity contribution is 4.69. The van der Waals surface area contributed by atoms with E-state index >= 15 is 0 Å². The minimum Gasteiger partial charge on any atom is -0.380 e. The maximum absolute atomic E-state index is 5.47. The first-order chi connectivity index (χ1) is 7.95. The van der Waals surface area contributed by atoms with E-state index in [1.165, 1.54) is 52.1 Å². The van der Waals surface area contributed by atoms with Gasteiger partial charge in [0.05, 0.1) is 6.61 Å². The smallest absolute Gasteiger partial charge is 0.0593 e. The van der Waals surface area contributed by atoms with Gasteiger partial charge in [-0.2, -0.15) is 0 Å². The molecule has 0 bridgehead atoms. The van der Waals surface area contributed by atoms with Crippen LogP contribution in [0.2, 0.25) is 0 Å². The summed E-state index contributed by atoms with van der Waals surface area (Å²) in [6.45, 7) is 11.5. The van der Waals surface area contributed by atoms with Gasteiger partial charge in [-0.05, 0) is 25.9 Å². The maximum Gasteiger partial charge on any atom is 0.0593 e. The molecule has 2 heterocycles. The molecule has 2 saturated heterocycles. The lowest BCUT2D eigenvalue weighted by Gasteiger charge is -2.25. The largest absolute Gasteiger partial charge is 0.380 e. The van der Waals surface area contributed by atoms with E-state index in [9.17, 15) is 0 Å². The Bertz CT molecular complexity index is 153. The van der Waals surface area contributed by atoms with E-state index in [0.717, 1.165) is 26.3 Å². The van der Waals surface area contributed by atoms with E-state index in [-0.39, 0.29) is 0 Å². The minimum atomic E-state index is 0.918. The SMILES string of the molecule is C1CNCCN(CCN2CCCOCC2)C1. The molecular weight excluding hydrogens is 202 g/mol. The quantitative estimate of drug-likeness (QED) is 0.735. The van der Waals surface area contributed by atoms with Gasteiger partial charge >= 0.3 is 0 Å². The molecule has 0 radical (unpaired) electrons. The Morgan fingerprint density at radius 3 is 2.56 bits per heavy atom. The molecule has 0 aromatic carbocycles. The van der Waals surface area contributed by atoms with Crippen molar-refractivity contribution in [3.05, 3.63) is 0 Å². The molecule has 2 rings (SSSR count). The molecule has 0 aliphatic carbocycles. The number of ether oxygens (including phenoxy) is 1. The number of hydrogen-bond acceptors (Lipinski definition) is 4. The maximum atomic E-state index is 5.47. The zero-order valence-corrected chi connectivity index (χ0v) is 10.3. The van der Waals surface area contributed by atoms with E-state index in [1.807, 2.05) is 0 Å². The van der Waals surface area contributed by atoms with Crippen molar-refractivity contribution in [2.75, 3.05) is 65.6 Å². The van der Waals surface area contributed by atoms with Crippen LogP contribution in [0.5, 0.6) is 0 Å². The first-order valence-corrected chi connectivity index (χ1v) is 6.68. The third kappa shape index (κ3) is 4.37. The highest BCUT2D eigenvalue weighted by Crippen LogP contribution is 2.01. The topological polar surface area (TPSA) is 27.7 Å². The molecule has 94 valence electrons. The second-order valence-electron chi connectivity index (χ2n) is 4.75. The van der Waals surface area contributed by atoms with Gasteiger partial charge in [-0.25, -0.2) is 0 Å². The number of nitrogens with one attached hydrogen (secondary N) is 1. The zero-order chi connectivity index (χ0) is 11.1. The molecule has 2 aliphatic heterocycles. The van der Waals surface area contributed by atoms with Gasteiger partial charge in [0.25, 0.3) is 0 Å². The third-order valence-electron chi connectivity index (χ3n) is 3.48. The molecule has 2 fully saturated rings. The van der Waals surface area contributed by atoms with Crippen LogP contribution in [0.1, 0.15) is 12.8 Å². The molecule has 4 nitrogen and oxygen atoms in total. The Balaban J connectivity index is 1.64. The summed E-state index contributed by atoms with van der Waals surface area (Å²) in [7, 11) is 0. The summed E-state index contributed by atoms with van der Waals surface area (Å²) < 4.78 is 5.47. The first kappa shape index (κ1) is 12.3. The molecule has 0 spiro atoms. The lowest BCUT2D eigenvalue weighted by atomic mass is 10.3. The fourth-order valence-corrected chi connectivity index (χ4v) is 2.43. The molecule has 0 unspecified atom stereocenters. The molecule has 0 amide bonds. The van der Waals surface area contributed by atoms with Crippen LogP contribution >= 0.6 is 0 Å². The van der Waals surface area contributed by atoms with E-state index in [2.05, 4.69) is 15.1 Å². The van der Waals surface area contributed by atoms with Gasteiger partial charge in [0.2, 0.25) is 0 Å². The van der Waals surface area contributed by atoms with E-state index < -0.39 is 0 Å². The Morgan fingerprint density at radius 2 is 1.62 bits per heavy atom. The first-order valence-electron chi connectivity index (χ1n) is 6.68. The van der Waals surface area contributed by atoms with Crippen molar-refractivity contribution in [1.82, 2.24) is 15.1 Å². The highest BCUT2D eigenvalue weighted by atomic mass is 16.5. The van der Waals surface area contributed by atoms with E-state index in [1.54, 1.807) is 0 Å². The molecule has 2 aliphatic rings. The van der Waals surface area contributed by atoms with Crippen molar-refractivity contribution in [3.8, 4) is 0 Å². The standard InChI is InChI=1S/C12H25N3O/c1-3-13-4-7-14(5-1)8-9-15-6-2-11-16-12-10-15/h13H,1-12H2. The van der Waals surface area contributed by atoms with Crippen LogP contribution in [0.4, 0.5) is 0 Å². The molecule has 1 N–H and O–H groups in total. The lowest BCUT2D eigenvalue weighted by Crippen LogP contribution is -2.37. The molecule has 0 aromatic rings. The molecule has 4 heteroatoms. The average Bonchev–Trinajstić information content (AvgIpc) is 2.71. The molecule has 16 heavy (non-hydrogen) atoms. The van der Waals surface area contributed by atoms with E-state index in [0.29, 0.717) is 0 Å². The fourth-order valence-electron chi connectivity index (χ4n) is 2.43. The molecule has 0 atom stereocenters. The molecule has 0 aromatic heterocycles. The predicted molar refractivity (Wildman–Crippen MR) is 65.8 cm³/mol. The lowest BCUT2D eigenvalue weighted by molar-refractivity contribution is 0.138. The summed E-state index contributed by atoms with van der Waals surface area (Å²) >= 11 is 0. The van der Waals surface area contributed by atoms with Crippen LogP contribution in [0.3, 0.4) is 0 Å². The Hall–Kier alpha value is -0.160. The van der Waals surface area contributed by atoms with Gasteiger partial charge in [0, 0.05) is 45.9 Å². The summed E-state index contributed by atoms with van der Waals surface area (Å²) in [6.07, 6.45) is 2.49. The van der Waals surface area contributed by atoms with Crippen LogP contribution in [-0.2, 0) is 4.74 Å². The van der Waals surface area contributed by atoms with Crippen molar-refractivity contribution in [3.63, 3.8) is 0 Å². The van der Waals surface area contributed by atoms with Crippen LogP contribution in [0.25, 0.3) is 0 Å². The van der Waals surface area contributed by atoms with Crippen molar-refractivity contribution >= 4 is 0 Å². The van der Waals surface area contributed by atoms with Crippen LogP contribution in [0.15, 0.2) is 0 Å². The third-order valence-corrected chi connectivity index (χ3v) is 3.48. The highest BCUT2D eigenvalue weighted by Gasteiger charge is 2.12. The summed E-state index contributed by atoms with van der Waals surface area (Å²) in [5.74, 6) is 0. The van der Waals surface area contributed by atoms with Gasteiger partial charge in [-0.1, -0.05) is 0 Å². The average molecular weight is 227 g/mol. The minimum absolute atomic E-state index is 0.918. The second kappa shape index (κ2) is 7.22. The van der Waals surface area contributed by atoms with Gasteiger partial charge in [-0.3, -0.25) is 4.90 Å². The van der Waals surface area contributed by atoms with E-state index in [4.69, 9.17) is 4.74 Å². The van der Waals surface area contributed by atoms with Gasteiger partial charge < -0.3 is 15.0 Å². The number of nitrogens with zero attached hydrogens (tertiary/aromatic N) is 2. The monoisotopic (exact) mass is 227 g/mol. The van der Waals surface area contributed by atoms with Crippen molar-refractivity contribution in [1.29, 1.82) is 0 Å². The number of hydrogen-bond donors (Lipinski definition) is 1.